The van der Waals surface area contributed by atoms with Gasteiger partial charge in [0.15, 0.2) is 0 Å². The van der Waals surface area contributed by atoms with Crippen LogP contribution in [-0.2, 0) is 9.59 Å². The van der Waals surface area contributed by atoms with Gasteiger partial charge in [0.2, 0.25) is 5.91 Å². The zero-order chi connectivity index (χ0) is 19.5. The average molecular weight is 414 g/mol. The van der Waals surface area contributed by atoms with Crippen LogP contribution in [0.4, 0.5) is 4.79 Å². The lowest BCUT2D eigenvalue weighted by atomic mass is 9.96. The van der Waals surface area contributed by atoms with Crippen LogP contribution in [0.1, 0.15) is 35.7 Å². The van der Waals surface area contributed by atoms with E-state index in [1.807, 2.05) is 29.6 Å². The number of rotatable bonds is 4. The fraction of sp³-hybridized carbons (Fsp3) is 0.300. The number of hydrogen-bond acceptors (Lipinski definition) is 6. The molecule has 0 spiro atoms. The van der Waals surface area contributed by atoms with Crippen molar-refractivity contribution in [3.05, 3.63) is 57.4 Å². The normalized spacial score (nSPS) is 21.6. The van der Waals surface area contributed by atoms with Gasteiger partial charge < -0.3 is 4.90 Å². The minimum absolute atomic E-state index is 0.0588. The molecule has 8 heteroatoms. The molecule has 0 radical (unpaired) electrons. The van der Waals surface area contributed by atoms with Crippen LogP contribution in [0.25, 0.3) is 6.08 Å². The molecule has 2 aliphatic rings. The topological polar surface area (TPSA) is 70.6 Å². The van der Waals surface area contributed by atoms with E-state index in [1.54, 1.807) is 23.4 Å². The van der Waals surface area contributed by atoms with Crippen molar-refractivity contribution in [3.8, 4) is 0 Å². The van der Waals surface area contributed by atoms with Gasteiger partial charge in [-0.1, -0.05) is 12.1 Å². The fourth-order valence-corrected chi connectivity index (χ4v) is 5.08. The number of imide groups is 1. The third-order valence-electron chi connectivity index (χ3n) is 4.88. The maximum atomic E-state index is 13.0. The van der Waals surface area contributed by atoms with Crippen molar-refractivity contribution in [2.24, 2.45) is 0 Å². The van der Waals surface area contributed by atoms with Crippen molar-refractivity contribution in [2.45, 2.75) is 25.3 Å². The molecule has 2 fully saturated rings. The highest BCUT2D eigenvalue weighted by atomic mass is 32.2. The molecule has 3 amide bonds. The molecule has 4 rings (SSSR count). The molecule has 2 saturated heterocycles. The maximum Gasteiger partial charge on any atom is 0.294 e. The van der Waals surface area contributed by atoms with Gasteiger partial charge in [0.1, 0.15) is 6.54 Å². The van der Waals surface area contributed by atoms with Gasteiger partial charge in [-0.25, -0.2) is 0 Å². The molecule has 2 aromatic heterocycles. The smallest absolute Gasteiger partial charge is 0.294 e. The van der Waals surface area contributed by atoms with Gasteiger partial charge in [0.25, 0.3) is 11.1 Å². The van der Waals surface area contributed by atoms with E-state index in [1.165, 1.54) is 11.3 Å². The second-order valence-corrected chi connectivity index (χ2v) is 8.64. The molecule has 0 aromatic carbocycles. The first-order valence-corrected chi connectivity index (χ1v) is 10.8. The monoisotopic (exact) mass is 413 g/mol. The molecule has 28 heavy (non-hydrogen) atoms. The Balaban J connectivity index is 1.49. The number of carbonyl (C=O) groups is 3. The third kappa shape index (κ3) is 3.88. The van der Waals surface area contributed by atoms with Gasteiger partial charge >= 0.3 is 0 Å². The molecule has 2 aliphatic heterocycles. The molecule has 144 valence electrons. The summed E-state index contributed by atoms with van der Waals surface area (Å²) in [4.78, 5) is 46.3. The molecule has 1 atom stereocenters. The summed E-state index contributed by atoms with van der Waals surface area (Å²) in [5.41, 5.74) is 0.988. The van der Waals surface area contributed by atoms with Gasteiger partial charge in [-0.05, 0) is 60.2 Å². The first-order chi connectivity index (χ1) is 13.6. The molecule has 2 aromatic rings. The summed E-state index contributed by atoms with van der Waals surface area (Å²) in [7, 11) is 0. The number of pyridine rings is 1. The van der Waals surface area contributed by atoms with Crippen molar-refractivity contribution >= 4 is 46.2 Å². The molecule has 0 N–H and O–H groups in total. The summed E-state index contributed by atoms with van der Waals surface area (Å²) in [6.07, 6.45) is 8.01. The number of nitrogens with zero attached hydrogens (tertiary/aromatic N) is 3. The Morgan fingerprint density at radius 3 is 2.89 bits per heavy atom. The molecule has 0 unspecified atom stereocenters. The number of thiophene rings is 1. The number of aromatic nitrogens is 1. The zero-order valence-corrected chi connectivity index (χ0v) is 16.7. The SMILES string of the molecule is O=C1S/C(=C\c2cccs2)C(=O)N1CC(=O)N1CCCC[C@H]1c1cccnc1. The minimum atomic E-state index is -0.397. The Kier molecular flexibility index (Phi) is 5.59. The highest BCUT2D eigenvalue weighted by Gasteiger charge is 2.38. The lowest BCUT2D eigenvalue weighted by Gasteiger charge is -2.36. The highest BCUT2D eigenvalue weighted by Crippen LogP contribution is 2.34. The summed E-state index contributed by atoms with van der Waals surface area (Å²) in [6, 6.07) is 7.54. The number of hydrogen-bond donors (Lipinski definition) is 0. The standard InChI is InChI=1S/C20H19N3O3S2/c24-18(22-9-2-1-7-16(22)14-5-3-8-21-12-14)13-23-19(25)17(28-20(23)26)11-15-6-4-10-27-15/h3-6,8,10-12,16H,1-2,7,9,13H2/b17-11-/t16-/m0/s1. The second-order valence-electron chi connectivity index (χ2n) is 6.67. The van der Waals surface area contributed by atoms with E-state index < -0.39 is 11.1 Å². The maximum absolute atomic E-state index is 13.0. The Morgan fingerprint density at radius 2 is 2.14 bits per heavy atom. The summed E-state index contributed by atoms with van der Waals surface area (Å²) >= 11 is 2.39. The highest BCUT2D eigenvalue weighted by molar-refractivity contribution is 8.18. The van der Waals surface area contributed by atoms with Crippen LogP contribution in [0, 0.1) is 0 Å². The van der Waals surface area contributed by atoms with Crippen molar-refractivity contribution in [2.75, 3.05) is 13.1 Å². The van der Waals surface area contributed by atoms with Crippen molar-refractivity contribution in [3.63, 3.8) is 0 Å². The quantitative estimate of drug-likeness (QED) is 0.710. The second kappa shape index (κ2) is 8.28. The number of likely N-dealkylation sites (tertiary alicyclic amines) is 1. The lowest BCUT2D eigenvalue weighted by molar-refractivity contribution is -0.138. The number of piperidine rings is 1. The molecule has 0 aliphatic carbocycles. The number of thioether (sulfide) groups is 1. The van der Waals surface area contributed by atoms with Gasteiger partial charge in [0.05, 0.1) is 10.9 Å². The van der Waals surface area contributed by atoms with Crippen molar-refractivity contribution in [1.82, 2.24) is 14.8 Å². The van der Waals surface area contributed by atoms with Crippen molar-refractivity contribution in [1.29, 1.82) is 0 Å². The van der Waals surface area contributed by atoms with Gasteiger partial charge in [-0.2, -0.15) is 0 Å². The van der Waals surface area contributed by atoms with Crippen LogP contribution in [0.2, 0.25) is 0 Å². The molecule has 6 nitrogen and oxygen atoms in total. The van der Waals surface area contributed by atoms with Gasteiger partial charge in [-0.3, -0.25) is 24.3 Å². The van der Waals surface area contributed by atoms with Gasteiger partial charge in [-0.15, -0.1) is 11.3 Å². The summed E-state index contributed by atoms with van der Waals surface area (Å²) < 4.78 is 0. The van der Waals surface area contributed by atoms with E-state index in [2.05, 4.69) is 4.98 Å². The van der Waals surface area contributed by atoms with E-state index in [4.69, 9.17) is 0 Å². The third-order valence-corrected chi connectivity index (χ3v) is 6.60. The Labute approximate surface area is 171 Å². The van der Waals surface area contributed by atoms with Crippen LogP contribution in [-0.4, -0.2) is 44.9 Å². The number of carbonyl (C=O) groups excluding carboxylic acids is 3. The molecule has 0 bridgehead atoms. The fourth-order valence-electron chi connectivity index (χ4n) is 3.51. The molecular formula is C20H19N3O3S2. The van der Waals surface area contributed by atoms with E-state index >= 15 is 0 Å². The summed E-state index contributed by atoms with van der Waals surface area (Å²) in [5.74, 6) is -0.597. The molecule has 0 saturated carbocycles. The van der Waals surface area contributed by atoms with E-state index in [-0.39, 0.29) is 18.5 Å². The summed E-state index contributed by atoms with van der Waals surface area (Å²) in [6.45, 7) is 0.406. The van der Waals surface area contributed by atoms with E-state index in [0.717, 1.165) is 46.4 Å². The number of amides is 3. The van der Waals surface area contributed by atoms with E-state index in [9.17, 15) is 14.4 Å². The predicted octanol–water partition coefficient (Wildman–Crippen LogP) is 3.93. The first kappa shape index (κ1) is 18.9. The van der Waals surface area contributed by atoms with E-state index in [0.29, 0.717) is 11.4 Å². The van der Waals surface area contributed by atoms with Crippen LogP contribution >= 0.6 is 23.1 Å². The first-order valence-electron chi connectivity index (χ1n) is 9.12. The van der Waals surface area contributed by atoms with Crippen LogP contribution in [0.3, 0.4) is 0 Å². The van der Waals surface area contributed by atoms with Gasteiger partial charge in [0, 0.05) is 23.8 Å². The molecule has 4 heterocycles. The average Bonchev–Trinajstić information content (AvgIpc) is 3.33. The predicted molar refractivity (Wildman–Crippen MR) is 110 cm³/mol. The largest absolute Gasteiger partial charge is 0.334 e. The van der Waals surface area contributed by atoms with Crippen LogP contribution < -0.4 is 0 Å². The minimum Gasteiger partial charge on any atom is -0.334 e. The summed E-state index contributed by atoms with van der Waals surface area (Å²) in [5, 5.41) is 1.52. The lowest BCUT2D eigenvalue weighted by Crippen LogP contribution is -2.45. The van der Waals surface area contributed by atoms with Crippen LogP contribution in [0.5, 0.6) is 0 Å². The Bertz CT molecular complexity index is 912. The Hall–Kier alpha value is -2.45. The van der Waals surface area contributed by atoms with Crippen LogP contribution in [0.15, 0.2) is 46.9 Å². The van der Waals surface area contributed by atoms with Crippen molar-refractivity contribution < 1.29 is 14.4 Å². The zero-order valence-electron chi connectivity index (χ0n) is 15.1. The Morgan fingerprint density at radius 1 is 1.25 bits per heavy atom. The molecular weight excluding hydrogens is 394 g/mol.